The molecule has 1 aliphatic rings. The van der Waals surface area contributed by atoms with Gasteiger partial charge in [0.1, 0.15) is 5.69 Å². The van der Waals surface area contributed by atoms with Gasteiger partial charge in [-0.3, -0.25) is 29.2 Å². The van der Waals surface area contributed by atoms with Crippen LogP contribution in [0, 0.1) is 17.0 Å². The summed E-state index contributed by atoms with van der Waals surface area (Å²) in [6, 6.07) is 3.00. The Morgan fingerprint density at radius 3 is 2.68 bits per heavy atom. The highest BCUT2D eigenvalue weighted by molar-refractivity contribution is 5.99. The van der Waals surface area contributed by atoms with E-state index < -0.39 is 28.3 Å². The van der Waals surface area contributed by atoms with Gasteiger partial charge in [-0.1, -0.05) is 0 Å². The Labute approximate surface area is 158 Å². The summed E-state index contributed by atoms with van der Waals surface area (Å²) in [5, 5.41) is 20.0. The number of hydrazine groups is 1. The van der Waals surface area contributed by atoms with E-state index in [1.807, 2.05) is 0 Å². The molecule has 1 N–H and O–H groups in total. The number of nitrogens with zero attached hydrogens (tertiary/aromatic N) is 5. The lowest BCUT2D eigenvalue weighted by Gasteiger charge is -2.27. The highest BCUT2D eigenvalue weighted by atomic mass is 16.6. The lowest BCUT2D eigenvalue weighted by atomic mass is 10.3. The van der Waals surface area contributed by atoms with Crippen LogP contribution in [0.15, 0.2) is 22.8 Å². The maximum atomic E-state index is 12.9. The maximum Gasteiger partial charge on any atom is 0.322 e. The molecule has 3 amide bonds. The number of rotatable bonds is 5. The van der Waals surface area contributed by atoms with Crippen LogP contribution in [-0.2, 0) is 11.8 Å². The number of furan rings is 1. The highest BCUT2D eigenvalue weighted by Gasteiger charge is 2.38. The van der Waals surface area contributed by atoms with Gasteiger partial charge in [0.15, 0.2) is 5.76 Å². The molecule has 1 saturated heterocycles. The maximum absolute atomic E-state index is 12.9. The van der Waals surface area contributed by atoms with E-state index in [1.54, 1.807) is 6.07 Å². The van der Waals surface area contributed by atoms with E-state index in [4.69, 9.17) is 4.42 Å². The first kappa shape index (κ1) is 19.1. The fourth-order valence-electron chi connectivity index (χ4n) is 3.05. The van der Waals surface area contributed by atoms with Crippen molar-refractivity contribution in [1.82, 2.24) is 25.1 Å². The minimum absolute atomic E-state index is 0.0585. The Kier molecular flexibility index (Phi) is 5.11. The third kappa shape index (κ3) is 3.43. The molecule has 1 fully saturated rings. The second-order valence-electron chi connectivity index (χ2n) is 6.12. The molecule has 0 aromatic carbocycles. The molecule has 28 heavy (non-hydrogen) atoms. The molecule has 148 valence electrons. The molecule has 0 radical (unpaired) electrons. The Morgan fingerprint density at radius 2 is 2.04 bits per heavy atom. The van der Waals surface area contributed by atoms with E-state index >= 15 is 0 Å². The number of hydrogen-bond donors (Lipinski definition) is 1. The van der Waals surface area contributed by atoms with E-state index in [1.165, 1.54) is 31.3 Å². The van der Waals surface area contributed by atoms with Crippen LogP contribution in [0.2, 0.25) is 0 Å². The van der Waals surface area contributed by atoms with Crippen LogP contribution < -0.4 is 5.32 Å². The zero-order valence-corrected chi connectivity index (χ0v) is 15.2. The van der Waals surface area contributed by atoms with Crippen molar-refractivity contribution in [1.29, 1.82) is 0 Å². The van der Waals surface area contributed by atoms with Crippen LogP contribution in [0.5, 0.6) is 0 Å². The number of nitrogens with one attached hydrogen (secondary N) is 1. The zero-order valence-electron chi connectivity index (χ0n) is 15.2. The quantitative estimate of drug-likeness (QED) is 0.569. The fourth-order valence-corrected chi connectivity index (χ4v) is 3.05. The predicted octanol–water partition coefficient (Wildman–Crippen LogP) is 0.249. The van der Waals surface area contributed by atoms with Crippen molar-refractivity contribution in [3.63, 3.8) is 0 Å². The highest BCUT2D eigenvalue weighted by Crippen LogP contribution is 2.25. The molecule has 0 spiro atoms. The lowest BCUT2D eigenvalue weighted by Crippen LogP contribution is -2.49. The Hall–Kier alpha value is -3.70. The van der Waals surface area contributed by atoms with Gasteiger partial charge in [-0.15, -0.1) is 0 Å². The lowest BCUT2D eigenvalue weighted by molar-refractivity contribution is -0.385. The van der Waals surface area contributed by atoms with Gasteiger partial charge >= 0.3 is 5.69 Å². The topological polar surface area (TPSA) is 144 Å². The summed E-state index contributed by atoms with van der Waals surface area (Å²) in [7, 11) is 1.43. The molecule has 0 bridgehead atoms. The number of aromatic nitrogens is 2. The molecule has 2 aromatic rings. The molecule has 12 nitrogen and oxygen atoms in total. The molecule has 0 atom stereocenters. The van der Waals surface area contributed by atoms with Crippen LogP contribution in [0.25, 0.3) is 0 Å². The second kappa shape index (κ2) is 7.50. The van der Waals surface area contributed by atoms with Crippen molar-refractivity contribution in [3.05, 3.63) is 45.7 Å². The standard InChI is InChI=1S/C16H18N6O6/c1-10-13(22(26)27)14(19(2)18-10)16(25)21-7-4-6-20(21)12(23)9-17-15(24)11-5-3-8-28-11/h3,5,8H,4,6-7,9H2,1-2H3,(H,17,24). The molecule has 3 heterocycles. The van der Waals surface area contributed by atoms with Crippen LogP contribution in [0.1, 0.15) is 33.2 Å². The second-order valence-corrected chi connectivity index (χ2v) is 6.12. The van der Waals surface area contributed by atoms with E-state index in [9.17, 15) is 24.5 Å². The third-order valence-electron chi connectivity index (χ3n) is 4.27. The van der Waals surface area contributed by atoms with Crippen molar-refractivity contribution in [2.45, 2.75) is 13.3 Å². The van der Waals surface area contributed by atoms with Gasteiger partial charge in [0.05, 0.1) is 17.7 Å². The van der Waals surface area contributed by atoms with Gasteiger partial charge in [-0.2, -0.15) is 5.10 Å². The van der Waals surface area contributed by atoms with E-state index in [0.717, 1.165) is 9.69 Å². The third-order valence-corrected chi connectivity index (χ3v) is 4.27. The smallest absolute Gasteiger partial charge is 0.322 e. The summed E-state index contributed by atoms with van der Waals surface area (Å²) in [5.74, 6) is -1.72. The molecule has 0 aliphatic carbocycles. The van der Waals surface area contributed by atoms with Crippen molar-refractivity contribution in [2.24, 2.45) is 7.05 Å². The van der Waals surface area contributed by atoms with Gasteiger partial charge in [0.2, 0.25) is 5.69 Å². The number of aryl methyl sites for hydroxylation is 2. The molecule has 12 heteroatoms. The molecule has 2 aromatic heterocycles. The minimum Gasteiger partial charge on any atom is -0.459 e. The van der Waals surface area contributed by atoms with Crippen LogP contribution >= 0.6 is 0 Å². The van der Waals surface area contributed by atoms with Crippen molar-refractivity contribution in [3.8, 4) is 0 Å². The van der Waals surface area contributed by atoms with Crippen molar-refractivity contribution < 1.29 is 23.7 Å². The molecular weight excluding hydrogens is 372 g/mol. The van der Waals surface area contributed by atoms with Gasteiger partial charge in [0, 0.05) is 20.1 Å². The monoisotopic (exact) mass is 390 g/mol. The molecule has 3 rings (SSSR count). The summed E-state index contributed by atoms with van der Waals surface area (Å²) in [6.45, 7) is 1.56. The van der Waals surface area contributed by atoms with E-state index in [-0.39, 0.29) is 36.8 Å². The van der Waals surface area contributed by atoms with E-state index in [2.05, 4.69) is 10.4 Å². The summed E-state index contributed by atoms with van der Waals surface area (Å²) in [5.41, 5.74) is -0.488. The first-order valence-electron chi connectivity index (χ1n) is 8.43. The summed E-state index contributed by atoms with van der Waals surface area (Å²) in [4.78, 5) is 48.0. The predicted molar refractivity (Wildman–Crippen MR) is 93.0 cm³/mol. The van der Waals surface area contributed by atoms with Crippen molar-refractivity contribution >= 4 is 23.4 Å². The number of amides is 3. The summed E-state index contributed by atoms with van der Waals surface area (Å²) in [6.07, 6.45) is 1.84. The molecule has 0 unspecified atom stereocenters. The Morgan fingerprint density at radius 1 is 1.32 bits per heavy atom. The molecule has 1 aliphatic heterocycles. The summed E-state index contributed by atoms with van der Waals surface area (Å²) < 4.78 is 6.08. The SMILES string of the molecule is Cc1nn(C)c(C(=O)N2CCCN2C(=O)CNC(=O)c2ccco2)c1[N+](=O)[O-]. The number of carbonyl (C=O) groups excluding carboxylic acids is 3. The summed E-state index contributed by atoms with van der Waals surface area (Å²) >= 11 is 0. The average Bonchev–Trinajstić information content (AvgIpc) is 3.38. The molecule has 0 saturated carbocycles. The largest absolute Gasteiger partial charge is 0.459 e. The van der Waals surface area contributed by atoms with Crippen molar-refractivity contribution in [2.75, 3.05) is 19.6 Å². The first-order chi connectivity index (χ1) is 13.3. The average molecular weight is 390 g/mol. The van der Waals surface area contributed by atoms with E-state index in [0.29, 0.717) is 6.42 Å². The van der Waals surface area contributed by atoms with Gasteiger partial charge in [0.25, 0.3) is 17.7 Å². The van der Waals surface area contributed by atoms with Crippen LogP contribution in [0.4, 0.5) is 5.69 Å². The number of hydrogen-bond acceptors (Lipinski definition) is 7. The van der Waals surface area contributed by atoms with Crippen LogP contribution in [0.3, 0.4) is 0 Å². The van der Waals surface area contributed by atoms with Gasteiger partial charge in [-0.05, 0) is 25.5 Å². The normalized spacial score (nSPS) is 13.6. The Bertz CT molecular complexity index is 934. The van der Waals surface area contributed by atoms with Gasteiger partial charge in [-0.25, -0.2) is 10.0 Å². The minimum atomic E-state index is -0.696. The first-order valence-corrected chi connectivity index (χ1v) is 8.43. The Balaban J connectivity index is 1.74. The number of nitro groups is 1. The molecular formula is C16H18N6O6. The number of carbonyl (C=O) groups is 3. The zero-order chi connectivity index (χ0) is 20.4. The van der Waals surface area contributed by atoms with Gasteiger partial charge < -0.3 is 9.73 Å². The van der Waals surface area contributed by atoms with Crippen LogP contribution in [-0.4, -0.2) is 62.1 Å². The fraction of sp³-hybridized carbons (Fsp3) is 0.375.